The van der Waals surface area contributed by atoms with Gasteiger partial charge in [0.05, 0.1) is 5.56 Å². The quantitative estimate of drug-likeness (QED) is 0.562. The Balaban J connectivity index is 1.82. The van der Waals surface area contributed by atoms with Gasteiger partial charge in [-0.2, -0.15) is 0 Å². The molecule has 0 radical (unpaired) electrons. The minimum atomic E-state index is -0.415. The number of ether oxygens (including phenoxy) is 1. The summed E-state index contributed by atoms with van der Waals surface area (Å²) in [7, 11) is 0. The molecule has 3 rings (SSSR count). The molecular weight excluding hydrogens is 292 g/mol. The molecule has 3 aromatic carbocycles. The number of phenols is 2. The van der Waals surface area contributed by atoms with Crippen LogP contribution in [0, 0.1) is 0 Å². The fraction of sp³-hybridized carbons (Fsp3) is 0. The normalized spacial score (nSPS) is 10.3. The standard InChI is InChI=1S/C19H14O4/c20-17-8-4-7-16(19(17)22)18(21)13-9-11-15(12-10-13)23-14-5-2-1-3-6-14/h1-12,20,22H. The molecule has 0 aliphatic rings. The molecule has 114 valence electrons. The summed E-state index contributed by atoms with van der Waals surface area (Å²) in [5.74, 6) is 0.205. The van der Waals surface area contributed by atoms with Crippen molar-refractivity contribution in [1.82, 2.24) is 0 Å². The Hall–Kier alpha value is -3.27. The Morgan fingerprint density at radius 3 is 2.09 bits per heavy atom. The highest BCUT2D eigenvalue weighted by Gasteiger charge is 2.15. The molecule has 0 fully saturated rings. The van der Waals surface area contributed by atoms with Gasteiger partial charge in [-0.05, 0) is 48.5 Å². The van der Waals surface area contributed by atoms with E-state index in [-0.39, 0.29) is 17.1 Å². The summed E-state index contributed by atoms with van der Waals surface area (Å²) < 4.78 is 5.66. The van der Waals surface area contributed by atoms with E-state index in [1.807, 2.05) is 30.3 Å². The number of benzene rings is 3. The molecule has 4 heteroatoms. The minimum absolute atomic E-state index is 0.0572. The summed E-state index contributed by atoms with van der Waals surface area (Å²) >= 11 is 0. The van der Waals surface area contributed by atoms with Crippen molar-refractivity contribution >= 4 is 5.78 Å². The Morgan fingerprint density at radius 2 is 1.39 bits per heavy atom. The van der Waals surface area contributed by atoms with Gasteiger partial charge in [0, 0.05) is 5.56 Å². The monoisotopic (exact) mass is 306 g/mol. The van der Waals surface area contributed by atoms with Crippen LogP contribution in [0.15, 0.2) is 72.8 Å². The molecule has 0 aliphatic carbocycles. The van der Waals surface area contributed by atoms with E-state index in [9.17, 15) is 15.0 Å². The summed E-state index contributed by atoms with van der Waals surface area (Å²) in [6.07, 6.45) is 0. The summed E-state index contributed by atoms with van der Waals surface area (Å²) in [5.41, 5.74) is 0.452. The first-order valence-electron chi connectivity index (χ1n) is 7.04. The second kappa shape index (κ2) is 6.23. The molecule has 23 heavy (non-hydrogen) atoms. The van der Waals surface area contributed by atoms with Crippen LogP contribution in [0.3, 0.4) is 0 Å². The van der Waals surface area contributed by atoms with E-state index in [1.54, 1.807) is 24.3 Å². The van der Waals surface area contributed by atoms with E-state index in [1.165, 1.54) is 18.2 Å². The molecule has 0 atom stereocenters. The van der Waals surface area contributed by atoms with Gasteiger partial charge in [0.1, 0.15) is 11.5 Å². The van der Waals surface area contributed by atoms with E-state index < -0.39 is 5.75 Å². The highest BCUT2D eigenvalue weighted by molar-refractivity contribution is 6.11. The van der Waals surface area contributed by atoms with Crippen LogP contribution in [0.4, 0.5) is 0 Å². The van der Waals surface area contributed by atoms with Crippen molar-refractivity contribution in [2.45, 2.75) is 0 Å². The van der Waals surface area contributed by atoms with Gasteiger partial charge in [-0.3, -0.25) is 4.79 Å². The summed E-state index contributed by atoms with van der Waals surface area (Å²) in [6.45, 7) is 0. The number of carbonyl (C=O) groups is 1. The molecule has 0 saturated carbocycles. The molecule has 0 bridgehead atoms. The summed E-state index contributed by atoms with van der Waals surface area (Å²) in [6, 6.07) is 20.2. The van der Waals surface area contributed by atoms with E-state index in [4.69, 9.17) is 4.74 Å². The predicted octanol–water partition coefficient (Wildman–Crippen LogP) is 4.12. The molecule has 0 aromatic heterocycles. The van der Waals surface area contributed by atoms with Crippen LogP contribution < -0.4 is 4.74 Å². The highest BCUT2D eigenvalue weighted by atomic mass is 16.5. The van der Waals surface area contributed by atoms with E-state index >= 15 is 0 Å². The zero-order valence-electron chi connectivity index (χ0n) is 12.1. The maximum Gasteiger partial charge on any atom is 0.196 e. The first-order chi connectivity index (χ1) is 11.1. The molecule has 2 N–H and O–H groups in total. The Bertz CT molecular complexity index is 824. The van der Waals surface area contributed by atoms with Gasteiger partial charge in [0.2, 0.25) is 0 Å². The third kappa shape index (κ3) is 3.16. The number of hydrogen-bond donors (Lipinski definition) is 2. The van der Waals surface area contributed by atoms with E-state index in [0.717, 1.165) is 0 Å². The van der Waals surface area contributed by atoms with Gasteiger partial charge in [0.15, 0.2) is 17.3 Å². The van der Waals surface area contributed by atoms with E-state index in [0.29, 0.717) is 17.1 Å². The average Bonchev–Trinajstić information content (AvgIpc) is 2.58. The third-order valence-electron chi connectivity index (χ3n) is 3.35. The molecule has 4 nitrogen and oxygen atoms in total. The van der Waals surface area contributed by atoms with Crippen molar-refractivity contribution in [3.63, 3.8) is 0 Å². The van der Waals surface area contributed by atoms with Crippen molar-refractivity contribution in [1.29, 1.82) is 0 Å². The SMILES string of the molecule is O=C(c1ccc(Oc2ccccc2)cc1)c1cccc(O)c1O. The van der Waals surface area contributed by atoms with Gasteiger partial charge in [-0.25, -0.2) is 0 Å². The summed E-state index contributed by atoms with van der Waals surface area (Å²) in [5, 5.41) is 19.3. The highest BCUT2D eigenvalue weighted by Crippen LogP contribution is 2.30. The number of rotatable bonds is 4. The lowest BCUT2D eigenvalue weighted by Gasteiger charge is -2.08. The maximum atomic E-state index is 12.4. The zero-order chi connectivity index (χ0) is 16.2. The lowest BCUT2D eigenvalue weighted by Crippen LogP contribution is -2.01. The summed E-state index contributed by atoms with van der Waals surface area (Å²) in [4.78, 5) is 12.4. The van der Waals surface area contributed by atoms with Gasteiger partial charge >= 0.3 is 0 Å². The van der Waals surface area contributed by atoms with Gasteiger partial charge in [-0.15, -0.1) is 0 Å². The molecule has 0 unspecified atom stereocenters. The number of aromatic hydroxyl groups is 2. The molecule has 0 heterocycles. The smallest absolute Gasteiger partial charge is 0.196 e. The van der Waals surface area contributed by atoms with Crippen LogP contribution in [-0.2, 0) is 0 Å². The van der Waals surface area contributed by atoms with Crippen molar-refractivity contribution in [2.24, 2.45) is 0 Å². The number of hydrogen-bond acceptors (Lipinski definition) is 4. The van der Waals surface area contributed by atoms with Crippen LogP contribution >= 0.6 is 0 Å². The lowest BCUT2D eigenvalue weighted by molar-refractivity contribution is 0.103. The fourth-order valence-electron chi connectivity index (χ4n) is 2.17. The molecule has 0 spiro atoms. The van der Waals surface area contributed by atoms with Gasteiger partial charge in [-0.1, -0.05) is 24.3 Å². The van der Waals surface area contributed by atoms with Crippen LogP contribution in [0.5, 0.6) is 23.0 Å². The second-order valence-corrected chi connectivity index (χ2v) is 4.94. The molecule has 0 saturated heterocycles. The zero-order valence-corrected chi connectivity index (χ0v) is 12.1. The maximum absolute atomic E-state index is 12.4. The lowest BCUT2D eigenvalue weighted by atomic mass is 10.0. The largest absolute Gasteiger partial charge is 0.504 e. The third-order valence-corrected chi connectivity index (χ3v) is 3.35. The average molecular weight is 306 g/mol. The molecule has 3 aromatic rings. The van der Waals surface area contributed by atoms with E-state index in [2.05, 4.69) is 0 Å². The van der Waals surface area contributed by atoms with Crippen molar-refractivity contribution in [2.75, 3.05) is 0 Å². The first-order valence-corrected chi connectivity index (χ1v) is 7.04. The minimum Gasteiger partial charge on any atom is -0.504 e. The predicted molar refractivity (Wildman–Crippen MR) is 86.2 cm³/mol. The number of para-hydroxylation sites is 2. The molecular formula is C19H14O4. The van der Waals surface area contributed by atoms with Crippen LogP contribution in [0.25, 0.3) is 0 Å². The first kappa shape index (κ1) is 14.7. The molecule has 0 amide bonds. The van der Waals surface area contributed by atoms with Crippen molar-refractivity contribution < 1.29 is 19.7 Å². The Morgan fingerprint density at radius 1 is 0.739 bits per heavy atom. The number of ketones is 1. The van der Waals surface area contributed by atoms with Gasteiger partial charge in [0.25, 0.3) is 0 Å². The second-order valence-electron chi connectivity index (χ2n) is 4.94. The van der Waals surface area contributed by atoms with Crippen molar-refractivity contribution in [3.8, 4) is 23.0 Å². The van der Waals surface area contributed by atoms with Gasteiger partial charge < -0.3 is 14.9 Å². The number of phenolic OH excluding ortho intramolecular Hbond substituents is 2. The Labute approximate surface area is 133 Å². The van der Waals surface area contributed by atoms with Crippen LogP contribution in [-0.4, -0.2) is 16.0 Å². The van der Waals surface area contributed by atoms with Crippen LogP contribution in [0.2, 0.25) is 0 Å². The number of carbonyl (C=O) groups excluding carboxylic acids is 1. The van der Waals surface area contributed by atoms with Crippen molar-refractivity contribution in [3.05, 3.63) is 83.9 Å². The molecule has 0 aliphatic heterocycles. The Kier molecular flexibility index (Phi) is 3.97. The van der Waals surface area contributed by atoms with Crippen LogP contribution in [0.1, 0.15) is 15.9 Å². The topological polar surface area (TPSA) is 66.8 Å². The fourth-order valence-corrected chi connectivity index (χ4v) is 2.17.